The second kappa shape index (κ2) is 7.68. The van der Waals surface area contributed by atoms with Gasteiger partial charge in [-0.2, -0.15) is 13.2 Å². The van der Waals surface area contributed by atoms with Crippen molar-refractivity contribution in [2.45, 2.75) is 44.8 Å². The number of halogens is 3. The van der Waals surface area contributed by atoms with Gasteiger partial charge in [0.15, 0.2) is 6.61 Å². The Hall–Kier alpha value is -2.05. The highest BCUT2D eigenvalue weighted by Crippen LogP contribution is 2.29. The Morgan fingerprint density at radius 3 is 2.62 bits per heavy atom. The molecule has 24 heavy (non-hydrogen) atoms. The third kappa shape index (κ3) is 4.97. The van der Waals surface area contributed by atoms with Crippen LogP contribution in [-0.2, 0) is 15.7 Å². The normalized spacial score (nSPS) is 21.2. The van der Waals surface area contributed by atoms with Crippen molar-refractivity contribution in [2.75, 3.05) is 6.61 Å². The molecule has 0 bridgehead atoms. The molecule has 1 amide bonds. The first-order valence-electron chi connectivity index (χ1n) is 7.91. The zero-order chi connectivity index (χ0) is 17.7. The third-order valence-electron chi connectivity index (χ3n) is 4.22. The number of carbonyl (C=O) groups is 2. The van der Waals surface area contributed by atoms with Gasteiger partial charge < -0.3 is 10.1 Å². The average molecular weight is 343 g/mol. The van der Waals surface area contributed by atoms with Gasteiger partial charge in [0, 0.05) is 6.04 Å². The van der Waals surface area contributed by atoms with Crippen LogP contribution < -0.4 is 5.32 Å². The lowest BCUT2D eigenvalue weighted by atomic mass is 9.86. The summed E-state index contributed by atoms with van der Waals surface area (Å²) in [6.07, 6.45) is -0.439. The first kappa shape index (κ1) is 18.3. The van der Waals surface area contributed by atoms with Crippen molar-refractivity contribution >= 4 is 11.9 Å². The molecule has 0 unspecified atom stereocenters. The zero-order valence-electron chi connectivity index (χ0n) is 13.4. The van der Waals surface area contributed by atoms with Gasteiger partial charge in [-0.05, 0) is 37.0 Å². The van der Waals surface area contributed by atoms with Gasteiger partial charge in [0.05, 0.1) is 11.1 Å². The standard InChI is InChI=1S/C17H20F3NO3/c1-11-5-2-3-8-14(11)21-15(22)10-24-16(23)12-6-4-7-13(9-12)17(18,19)20/h4,6-7,9,11,14H,2-3,5,8,10H2,1H3,(H,21,22)/t11-,14+/m1/s1. The van der Waals surface area contributed by atoms with Gasteiger partial charge in [-0.3, -0.25) is 4.79 Å². The molecule has 7 heteroatoms. The molecule has 1 aliphatic rings. The van der Waals surface area contributed by atoms with Gasteiger partial charge in [0.25, 0.3) is 5.91 Å². The van der Waals surface area contributed by atoms with E-state index in [0.29, 0.717) is 12.0 Å². The minimum absolute atomic E-state index is 0.0542. The van der Waals surface area contributed by atoms with Crippen LogP contribution >= 0.6 is 0 Å². The minimum atomic E-state index is -4.54. The summed E-state index contributed by atoms with van der Waals surface area (Å²) in [5.74, 6) is -1.02. The van der Waals surface area contributed by atoms with Crippen molar-refractivity contribution in [3.8, 4) is 0 Å². The Labute approximate surface area is 138 Å². The van der Waals surface area contributed by atoms with Gasteiger partial charge in [-0.1, -0.05) is 25.8 Å². The largest absolute Gasteiger partial charge is 0.452 e. The van der Waals surface area contributed by atoms with E-state index in [1.54, 1.807) is 0 Å². The van der Waals surface area contributed by atoms with Gasteiger partial charge in [-0.25, -0.2) is 4.79 Å². The molecule has 1 aromatic carbocycles. The van der Waals surface area contributed by atoms with Crippen LogP contribution in [0.5, 0.6) is 0 Å². The Balaban J connectivity index is 1.87. The van der Waals surface area contributed by atoms with Crippen molar-refractivity contribution in [3.63, 3.8) is 0 Å². The minimum Gasteiger partial charge on any atom is -0.452 e. The maximum atomic E-state index is 12.6. The molecular formula is C17H20F3NO3. The van der Waals surface area contributed by atoms with Crippen molar-refractivity contribution in [3.05, 3.63) is 35.4 Å². The quantitative estimate of drug-likeness (QED) is 0.851. The lowest BCUT2D eigenvalue weighted by Crippen LogP contribution is -2.42. The van der Waals surface area contributed by atoms with Crippen LogP contribution in [0.1, 0.15) is 48.5 Å². The fourth-order valence-corrected chi connectivity index (χ4v) is 2.82. The number of benzene rings is 1. The van der Waals surface area contributed by atoms with E-state index in [4.69, 9.17) is 4.74 Å². The summed E-state index contributed by atoms with van der Waals surface area (Å²) in [6.45, 7) is 1.55. The monoisotopic (exact) mass is 343 g/mol. The number of esters is 1. The van der Waals surface area contributed by atoms with E-state index in [9.17, 15) is 22.8 Å². The van der Waals surface area contributed by atoms with E-state index < -0.39 is 30.2 Å². The SMILES string of the molecule is C[C@@H]1CCCC[C@@H]1NC(=O)COC(=O)c1cccc(C(F)(F)F)c1. The summed E-state index contributed by atoms with van der Waals surface area (Å²) < 4.78 is 42.7. The van der Waals surface area contributed by atoms with E-state index in [2.05, 4.69) is 12.2 Å². The number of alkyl halides is 3. The molecule has 0 radical (unpaired) electrons. The molecule has 0 aromatic heterocycles. The molecule has 0 saturated heterocycles. The lowest BCUT2D eigenvalue weighted by molar-refractivity contribution is -0.137. The van der Waals surface area contributed by atoms with Crippen LogP contribution in [0.4, 0.5) is 13.2 Å². The van der Waals surface area contributed by atoms with Crippen molar-refractivity contribution < 1.29 is 27.5 Å². The Bertz CT molecular complexity index is 601. The van der Waals surface area contributed by atoms with Gasteiger partial charge in [0.2, 0.25) is 0 Å². The van der Waals surface area contributed by atoms with E-state index >= 15 is 0 Å². The van der Waals surface area contributed by atoms with Crippen molar-refractivity contribution in [2.24, 2.45) is 5.92 Å². The van der Waals surface area contributed by atoms with Crippen LogP contribution in [0, 0.1) is 5.92 Å². The summed E-state index contributed by atoms with van der Waals surface area (Å²) in [6, 6.07) is 3.98. The van der Waals surface area contributed by atoms with Gasteiger partial charge in [0.1, 0.15) is 0 Å². The molecule has 1 aliphatic carbocycles. The summed E-state index contributed by atoms with van der Waals surface area (Å²) in [7, 11) is 0. The lowest BCUT2D eigenvalue weighted by Gasteiger charge is -2.29. The number of rotatable bonds is 4. The summed E-state index contributed by atoms with van der Waals surface area (Å²) in [4.78, 5) is 23.7. The van der Waals surface area contributed by atoms with Crippen LogP contribution in [0.15, 0.2) is 24.3 Å². The number of carbonyl (C=O) groups excluding carboxylic acids is 2. The highest BCUT2D eigenvalue weighted by molar-refractivity contribution is 5.91. The second-order valence-corrected chi connectivity index (χ2v) is 6.09. The number of ether oxygens (including phenoxy) is 1. The molecule has 0 heterocycles. The predicted octanol–water partition coefficient (Wildman–Crippen LogP) is 3.56. The molecule has 132 valence electrons. The smallest absolute Gasteiger partial charge is 0.416 e. The van der Waals surface area contributed by atoms with E-state index in [1.165, 1.54) is 6.07 Å². The van der Waals surface area contributed by atoms with Gasteiger partial charge in [-0.15, -0.1) is 0 Å². The topological polar surface area (TPSA) is 55.4 Å². The van der Waals surface area contributed by atoms with E-state index in [1.807, 2.05) is 0 Å². The maximum absolute atomic E-state index is 12.6. The molecular weight excluding hydrogens is 323 g/mol. The molecule has 0 aliphatic heterocycles. The summed E-state index contributed by atoms with van der Waals surface area (Å²) >= 11 is 0. The summed E-state index contributed by atoms with van der Waals surface area (Å²) in [5.41, 5.74) is -1.17. The molecule has 1 fully saturated rings. The Kier molecular flexibility index (Phi) is 5.85. The van der Waals surface area contributed by atoms with Crippen LogP contribution in [0.3, 0.4) is 0 Å². The third-order valence-corrected chi connectivity index (χ3v) is 4.22. The zero-order valence-corrected chi connectivity index (χ0v) is 13.4. The Morgan fingerprint density at radius 2 is 1.96 bits per heavy atom. The van der Waals surface area contributed by atoms with Crippen LogP contribution in [0.25, 0.3) is 0 Å². The van der Waals surface area contributed by atoms with Crippen molar-refractivity contribution in [1.82, 2.24) is 5.32 Å². The van der Waals surface area contributed by atoms with E-state index in [-0.39, 0.29) is 11.6 Å². The highest BCUT2D eigenvalue weighted by Gasteiger charge is 2.31. The van der Waals surface area contributed by atoms with Crippen LogP contribution in [0.2, 0.25) is 0 Å². The van der Waals surface area contributed by atoms with Gasteiger partial charge >= 0.3 is 12.1 Å². The predicted molar refractivity (Wildman–Crippen MR) is 81.3 cm³/mol. The average Bonchev–Trinajstić information content (AvgIpc) is 2.54. The maximum Gasteiger partial charge on any atom is 0.416 e. The fourth-order valence-electron chi connectivity index (χ4n) is 2.82. The number of hydrogen-bond acceptors (Lipinski definition) is 3. The van der Waals surface area contributed by atoms with E-state index in [0.717, 1.165) is 37.8 Å². The second-order valence-electron chi connectivity index (χ2n) is 6.09. The Morgan fingerprint density at radius 1 is 1.25 bits per heavy atom. The summed E-state index contributed by atoms with van der Waals surface area (Å²) in [5, 5.41) is 2.81. The molecule has 1 saturated carbocycles. The molecule has 2 rings (SSSR count). The molecule has 0 spiro atoms. The molecule has 4 nitrogen and oxygen atoms in total. The first-order valence-corrected chi connectivity index (χ1v) is 7.91. The van der Waals surface area contributed by atoms with Crippen LogP contribution in [-0.4, -0.2) is 24.5 Å². The molecule has 1 N–H and O–H groups in total. The van der Waals surface area contributed by atoms with Crippen molar-refractivity contribution in [1.29, 1.82) is 0 Å². The molecule has 1 aromatic rings. The molecule has 2 atom stereocenters. The first-order chi connectivity index (χ1) is 11.3. The highest BCUT2D eigenvalue weighted by atomic mass is 19.4. The fraction of sp³-hybridized carbons (Fsp3) is 0.529. The number of nitrogens with one attached hydrogen (secondary N) is 1. The number of amides is 1. The number of hydrogen-bond donors (Lipinski definition) is 1.